The number of carboxylic acids is 1. The molecule has 0 aliphatic carbocycles. The van der Waals surface area contributed by atoms with Gasteiger partial charge in [0.2, 0.25) is 0 Å². The molecule has 0 unspecified atom stereocenters. The maximum Gasteiger partial charge on any atom is 0.322 e. The molecule has 2 N–H and O–H groups in total. The van der Waals surface area contributed by atoms with Crippen LogP contribution in [0.15, 0.2) is 35.1 Å². The van der Waals surface area contributed by atoms with Crippen LogP contribution >= 0.6 is 0 Å². The summed E-state index contributed by atoms with van der Waals surface area (Å²) in [4.78, 5) is 37.5. The number of aryl methyl sites for hydroxylation is 1. The number of pyridine rings is 1. The van der Waals surface area contributed by atoms with Gasteiger partial charge in [0.05, 0.1) is 11.1 Å². The molecule has 23 heavy (non-hydrogen) atoms. The van der Waals surface area contributed by atoms with Crippen molar-refractivity contribution in [3.05, 3.63) is 46.2 Å². The average molecular weight is 315 g/mol. The third kappa shape index (κ3) is 2.70. The number of fused-ring (bicyclic) bond motifs is 1. The van der Waals surface area contributed by atoms with Gasteiger partial charge >= 0.3 is 5.97 Å². The van der Waals surface area contributed by atoms with Crippen LogP contribution in [0.2, 0.25) is 0 Å². The number of rotatable bonds is 2. The van der Waals surface area contributed by atoms with Gasteiger partial charge in [0.1, 0.15) is 6.04 Å². The number of aromatic nitrogens is 1. The molecule has 1 aromatic carbocycles. The van der Waals surface area contributed by atoms with Crippen molar-refractivity contribution in [1.29, 1.82) is 0 Å². The Morgan fingerprint density at radius 3 is 2.78 bits per heavy atom. The highest BCUT2D eigenvalue weighted by atomic mass is 16.4. The van der Waals surface area contributed by atoms with Crippen LogP contribution in [0.5, 0.6) is 0 Å². The molecule has 1 aliphatic rings. The second-order valence-electron chi connectivity index (χ2n) is 5.57. The highest BCUT2D eigenvalue weighted by molar-refractivity contribution is 6.06. The van der Waals surface area contributed by atoms with Gasteiger partial charge in [0, 0.05) is 38.1 Å². The first kappa shape index (κ1) is 15.2. The van der Waals surface area contributed by atoms with Gasteiger partial charge in [-0.05, 0) is 6.07 Å². The molecule has 120 valence electrons. The summed E-state index contributed by atoms with van der Waals surface area (Å²) in [6.07, 6.45) is 0. The molecule has 2 aromatic rings. The fraction of sp³-hybridized carbons (Fsp3) is 0.312. The van der Waals surface area contributed by atoms with E-state index in [4.69, 9.17) is 5.11 Å². The normalized spacial score (nSPS) is 18.1. The number of carbonyl (C=O) groups excluding carboxylic acids is 1. The van der Waals surface area contributed by atoms with E-state index in [1.807, 2.05) is 0 Å². The zero-order valence-electron chi connectivity index (χ0n) is 12.7. The molecule has 7 heteroatoms. The fourth-order valence-corrected chi connectivity index (χ4v) is 2.86. The largest absolute Gasteiger partial charge is 0.480 e. The van der Waals surface area contributed by atoms with Crippen molar-refractivity contribution in [1.82, 2.24) is 14.8 Å². The van der Waals surface area contributed by atoms with Crippen molar-refractivity contribution in [2.45, 2.75) is 6.04 Å². The first-order chi connectivity index (χ1) is 11.0. The number of hydrogen-bond donors (Lipinski definition) is 2. The van der Waals surface area contributed by atoms with Crippen LogP contribution in [0.1, 0.15) is 10.4 Å². The predicted octanol–water partition coefficient (Wildman–Crippen LogP) is 0.0371. The Bertz CT molecular complexity index is 843. The van der Waals surface area contributed by atoms with E-state index in [9.17, 15) is 14.4 Å². The third-order valence-electron chi connectivity index (χ3n) is 4.15. The molecule has 1 aromatic heterocycles. The zero-order chi connectivity index (χ0) is 16.6. The lowest BCUT2D eigenvalue weighted by Crippen LogP contribution is -2.55. The first-order valence-corrected chi connectivity index (χ1v) is 7.33. The smallest absolute Gasteiger partial charge is 0.322 e. The lowest BCUT2D eigenvalue weighted by Gasteiger charge is -2.31. The topological polar surface area (TPSA) is 91.6 Å². The van der Waals surface area contributed by atoms with Crippen LogP contribution < -0.4 is 10.9 Å². The Kier molecular flexibility index (Phi) is 3.87. The van der Waals surface area contributed by atoms with E-state index in [0.29, 0.717) is 29.6 Å². The molecule has 0 radical (unpaired) electrons. The van der Waals surface area contributed by atoms with Crippen molar-refractivity contribution in [2.75, 3.05) is 19.6 Å². The van der Waals surface area contributed by atoms with E-state index in [-0.39, 0.29) is 18.0 Å². The summed E-state index contributed by atoms with van der Waals surface area (Å²) in [5.74, 6) is -1.30. The Balaban J connectivity index is 2.03. The van der Waals surface area contributed by atoms with Crippen LogP contribution in [0.4, 0.5) is 0 Å². The van der Waals surface area contributed by atoms with Crippen molar-refractivity contribution in [3.8, 4) is 0 Å². The van der Waals surface area contributed by atoms with E-state index >= 15 is 0 Å². The lowest BCUT2D eigenvalue weighted by atomic mass is 10.1. The van der Waals surface area contributed by atoms with Crippen molar-refractivity contribution in [3.63, 3.8) is 0 Å². The minimum Gasteiger partial charge on any atom is -0.480 e. The van der Waals surface area contributed by atoms with Gasteiger partial charge in [-0.15, -0.1) is 0 Å². The molecule has 1 saturated heterocycles. The number of piperazine rings is 1. The van der Waals surface area contributed by atoms with Gasteiger partial charge in [-0.25, -0.2) is 0 Å². The van der Waals surface area contributed by atoms with Crippen LogP contribution in [-0.4, -0.2) is 52.1 Å². The monoisotopic (exact) mass is 315 g/mol. The number of carboxylic acid groups (broad SMARTS) is 1. The molecule has 1 fully saturated rings. The highest BCUT2D eigenvalue weighted by Crippen LogP contribution is 2.18. The summed E-state index contributed by atoms with van der Waals surface area (Å²) in [6.45, 7) is 0.898. The quantitative estimate of drug-likeness (QED) is 0.816. The van der Waals surface area contributed by atoms with Crippen LogP contribution in [0.3, 0.4) is 0 Å². The van der Waals surface area contributed by atoms with Gasteiger partial charge in [-0.1, -0.05) is 18.2 Å². The summed E-state index contributed by atoms with van der Waals surface area (Å²) < 4.78 is 1.49. The SMILES string of the molecule is Cn1c(=O)cc(C(=O)N2CCN[C@H](C(=O)O)C2)c2ccccc21. The zero-order valence-corrected chi connectivity index (χ0v) is 12.7. The van der Waals surface area contributed by atoms with Crippen LogP contribution in [0.25, 0.3) is 10.9 Å². The molecule has 0 spiro atoms. The molecule has 0 bridgehead atoms. The second-order valence-corrected chi connectivity index (χ2v) is 5.57. The second kappa shape index (κ2) is 5.85. The van der Waals surface area contributed by atoms with E-state index in [2.05, 4.69) is 5.32 Å². The number of carbonyl (C=O) groups is 2. The Hall–Kier alpha value is -2.67. The van der Waals surface area contributed by atoms with Gasteiger partial charge in [-0.2, -0.15) is 0 Å². The molecular weight excluding hydrogens is 298 g/mol. The van der Waals surface area contributed by atoms with Crippen molar-refractivity contribution >= 4 is 22.8 Å². The average Bonchev–Trinajstić information content (AvgIpc) is 2.57. The Morgan fingerprint density at radius 2 is 2.04 bits per heavy atom. The summed E-state index contributed by atoms with van der Waals surface area (Å²) in [5.41, 5.74) is 0.722. The molecule has 1 atom stereocenters. The maximum absolute atomic E-state index is 12.8. The summed E-state index contributed by atoms with van der Waals surface area (Å²) in [5, 5.41) is 12.6. The summed E-state index contributed by atoms with van der Waals surface area (Å²) in [6, 6.07) is 7.72. The number of hydrogen-bond acceptors (Lipinski definition) is 4. The maximum atomic E-state index is 12.8. The van der Waals surface area contributed by atoms with Crippen molar-refractivity contribution < 1.29 is 14.7 Å². The van der Waals surface area contributed by atoms with E-state index < -0.39 is 12.0 Å². The van der Waals surface area contributed by atoms with Gasteiger partial charge in [-0.3, -0.25) is 14.4 Å². The molecule has 0 saturated carbocycles. The molecule has 2 heterocycles. The molecule has 1 amide bonds. The Labute approximate surface area is 132 Å². The third-order valence-corrected chi connectivity index (χ3v) is 4.15. The van der Waals surface area contributed by atoms with Gasteiger partial charge in [0.15, 0.2) is 0 Å². The number of benzene rings is 1. The number of aliphatic carboxylic acids is 1. The Morgan fingerprint density at radius 1 is 1.30 bits per heavy atom. The molecule has 1 aliphatic heterocycles. The number of nitrogens with zero attached hydrogens (tertiary/aromatic N) is 2. The molecule has 7 nitrogen and oxygen atoms in total. The fourth-order valence-electron chi connectivity index (χ4n) is 2.86. The predicted molar refractivity (Wildman–Crippen MR) is 84.5 cm³/mol. The first-order valence-electron chi connectivity index (χ1n) is 7.33. The highest BCUT2D eigenvalue weighted by Gasteiger charge is 2.29. The van der Waals surface area contributed by atoms with E-state index in [1.54, 1.807) is 31.3 Å². The van der Waals surface area contributed by atoms with Crippen LogP contribution in [0, 0.1) is 0 Å². The van der Waals surface area contributed by atoms with E-state index in [0.717, 1.165) is 0 Å². The van der Waals surface area contributed by atoms with Crippen molar-refractivity contribution in [2.24, 2.45) is 7.05 Å². The number of para-hydroxylation sites is 1. The van der Waals surface area contributed by atoms with Crippen LogP contribution in [-0.2, 0) is 11.8 Å². The molecule has 3 rings (SSSR count). The standard InChI is InChI=1S/C16H17N3O4/c1-18-13-5-3-2-4-10(13)11(8-14(18)20)15(21)19-7-6-17-12(9-19)16(22)23/h2-5,8,12,17H,6-7,9H2,1H3,(H,22,23)/t12-/m0/s1. The lowest BCUT2D eigenvalue weighted by molar-refractivity contribution is -0.140. The molecular formula is C16H17N3O4. The minimum absolute atomic E-state index is 0.0811. The summed E-state index contributed by atoms with van der Waals surface area (Å²) in [7, 11) is 1.66. The van der Waals surface area contributed by atoms with Gasteiger partial charge in [0.25, 0.3) is 11.5 Å². The number of nitrogens with one attached hydrogen (secondary N) is 1. The number of amides is 1. The minimum atomic E-state index is -0.990. The van der Waals surface area contributed by atoms with E-state index in [1.165, 1.54) is 15.5 Å². The summed E-state index contributed by atoms with van der Waals surface area (Å²) >= 11 is 0. The van der Waals surface area contributed by atoms with Gasteiger partial charge < -0.3 is 19.9 Å².